The van der Waals surface area contributed by atoms with Crippen LogP contribution < -0.4 is 0 Å². The standard InChI is InChI=1S/C27H27FO4S/c1-19(22-5-3-2-4-6-22)27(31)32-18-21-9-7-20(8-10-21)17-23(26(29)30)15-16-33-25-13-11-24(28)12-14-25/h2-14,19,23H,15-18H2,1H3,(H,29,30). The van der Waals surface area contributed by atoms with Crippen molar-refractivity contribution < 1.29 is 23.8 Å². The molecule has 3 aromatic carbocycles. The molecule has 2 atom stereocenters. The Morgan fingerprint density at radius 1 is 0.939 bits per heavy atom. The molecule has 33 heavy (non-hydrogen) atoms. The molecule has 0 saturated heterocycles. The van der Waals surface area contributed by atoms with Crippen LogP contribution in [0.2, 0.25) is 0 Å². The van der Waals surface area contributed by atoms with Gasteiger partial charge < -0.3 is 9.84 Å². The van der Waals surface area contributed by atoms with E-state index in [4.69, 9.17) is 4.74 Å². The molecule has 0 aromatic heterocycles. The van der Waals surface area contributed by atoms with E-state index in [1.165, 1.54) is 23.9 Å². The number of benzene rings is 3. The summed E-state index contributed by atoms with van der Waals surface area (Å²) in [6.45, 7) is 1.99. The minimum atomic E-state index is -0.831. The van der Waals surface area contributed by atoms with E-state index in [9.17, 15) is 19.1 Å². The predicted octanol–water partition coefficient (Wildman–Crippen LogP) is 6.10. The van der Waals surface area contributed by atoms with E-state index < -0.39 is 11.9 Å². The quantitative estimate of drug-likeness (QED) is 0.273. The maximum Gasteiger partial charge on any atom is 0.313 e. The van der Waals surface area contributed by atoms with Crippen LogP contribution in [0.25, 0.3) is 0 Å². The van der Waals surface area contributed by atoms with Gasteiger partial charge in [-0.1, -0.05) is 54.6 Å². The number of hydrogen-bond acceptors (Lipinski definition) is 4. The van der Waals surface area contributed by atoms with Gasteiger partial charge in [-0.05, 0) is 66.5 Å². The molecular formula is C27H27FO4S. The third kappa shape index (κ3) is 7.75. The second-order valence-electron chi connectivity index (χ2n) is 7.89. The minimum absolute atomic E-state index is 0.174. The van der Waals surface area contributed by atoms with Gasteiger partial charge in [0.05, 0.1) is 11.8 Å². The van der Waals surface area contributed by atoms with Gasteiger partial charge in [0, 0.05) is 4.90 Å². The Morgan fingerprint density at radius 3 is 2.21 bits per heavy atom. The Labute approximate surface area is 197 Å². The van der Waals surface area contributed by atoms with Crippen molar-refractivity contribution in [1.29, 1.82) is 0 Å². The third-order valence-electron chi connectivity index (χ3n) is 5.44. The van der Waals surface area contributed by atoms with Crippen molar-refractivity contribution in [1.82, 2.24) is 0 Å². The molecule has 1 N–H and O–H groups in total. The summed E-state index contributed by atoms with van der Waals surface area (Å²) in [5.74, 6) is -1.61. The highest BCUT2D eigenvalue weighted by molar-refractivity contribution is 7.99. The molecule has 0 radical (unpaired) electrons. The number of carbonyl (C=O) groups excluding carboxylic acids is 1. The molecule has 0 fully saturated rings. The first-order valence-corrected chi connectivity index (χ1v) is 11.8. The molecule has 0 heterocycles. The van der Waals surface area contributed by atoms with Crippen molar-refractivity contribution >= 4 is 23.7 Å². The molecule has 6 heteroatoms. The molecule has 0 aliphatic carbocycles. The Kier molecular flexibility index (Phi) is 9.07. The fraction of sp³-hybridized carbons (Fsp3) is 0.259. The fourth-order valence-electron chi connectivity index (χ4n) is 3.38. The molecule has 2 unspecified atom stereocenters. The third-order valence-corrected chi connectivity index (χ3v) is 6.48. The number of aliphatic carboxylic acids is 1. The number of carboxylic acid groups (broad SMARTS) is 1. The van der Waals surface area contributed by atoms with Crippen molar-refractivity contribution in [3.8, 4) is 0 Å². The topological polar surface area (TPSA) is 63.6 Å². The predicted molar refractivity (Wildman–Crippen MR) is 128 cm³/mol. The van der Waals surface area contributed by atoms with Gasteiger partial charge in [0.15, 0.2) is 0 Å². The zero-order valence-corrected chi connectivity index (χ0v) is 19.3. The largest absolute Gasteiger partial charge is 0.481 e. The summed E-state index contributed by atoms with van der Waals surface area (Å²) in [5, 5.41) is 9.60. The lowest BCUT2D eigenvalue weighted by molar-refractivity contribution is -0.146. The number of ether oxygens (including phenoxy) is 1. The molecule has 3 rings (SSSR count). The van der Waals surface area contributed by atoms with Crippen LogP contribution in [0, 0.1) is 11.7 Å². The van der Waals surface area contributed by atoms with Crippen LogP contribution in [0.15, 0.2) is 83.8 Å². The van der Waals surface area contributed by atoms with Gasteiger partial charge in [0.25, 0.3) is 0 Å². The summed E-state index contributed by atoms with van der Waals surface area (Å²) in [6, 6.07) is 23.2. The lowest BCUT2D eigenvalue weighted by Crippen LogP contribution is -2.17. The van der Waals surface area contributed by atoms with E-state index in [-0.39, 0.29) is 24.3 Å². The normalized spacial score (nSPS) is 12.7. The summed E-state index contributed by atoms with van der Waals surface area (Å²) in [4.78, 5) is 24.9. The Bertz CT molecular complexity index is 1040. The van der Waals surface area contributed by atoms with Gasteiger partial charge in [-0.2, -0.15) is 0 Å². The molecule has 172 valence electrons. The highest BCUT2D eigenvalue weighted by Crippen LogP contribution is 2.23. The molecule has 0 amide bonds. The van der Waals surface area contributed by atoms with E-state index >= 15 is 0 Å². The number of carboxylic acids is 1. The van der Waals surface area contributed by atoms with Gasteiger partial charge in [0.1, 0.15) is 12.4 Å². The number of hydrogen-bond donors (Lipinski definition) is 1. The second kappa shape index (κ2) is 12.2. The van der Waals surface area contributed by atoms with Gasteiger partial charge in [0.2, 0.25) is 0 Å². The van der Waals surface area contributed by atoms with E-state index in [0.29, 0.717) is 18.6 Å². The maximum absolute atomic E-state index is 13.0. The van der Waals surface area contributed by atoms with Crippen LogP contribution in [0.1, 0.15) is 36.0 Å². The molecule has 0 bridgehead atoms. The lowest BCUT2D eigenvalue weighted by atomic mass is 9.96. The highest BCUT2D eigenvalue weighted by atomic mass is 32.2. The number of halogens is 1. The van der Waals surface area contributed by atoms with E-state index in [2.05, 4.69) is 0 Å². The van der Waals surface area contributed by atoms with E-state index in [1.54, 1.807) is 12.1 Å². The summed E-state index contributed by atoms with van der Waals surface area (Å²) in [5.41, 5.74) is 2.68. The number of rotatable bonds is 11. The van der Waals surface area contributed by atoms with Crippen LogP contribution in [0.5, 0.6) is 0 Å². The van der Waals surface area contributed by atoms with E-state index in [0.717, 1.165) is 21.6 Å². The maximum atomic E-state index is 13.0. The molecule has 0 aliphatic rings. The Hall–Kier alpha value is -3.12. The first-order chi connectivity index (χ1) is 15.9. The molecule has 3 aromatic rings. The van der Waals surface area contributed by atoms with Crippen molar-refractivity contribution in [3.63, 3.8) is 0 Å². The monoisotopic (exact) mass is 466 g/mol. The summed E-state index contributed by atoms with van der Waals surface area (Å²) >= 11 is 1.52. The first kappa shape index (κ1) is 24.5. The average Bonchev–Trinajstić information content (AvgIpc) is 2.84. The van der Waals surface area contributed by atoms with E-state index in [1.807, 2.05) is 61.5 Å². The number of thioether (sulfide) groups is 1. The van der Waals surface area contributed by atoms with Crippen molar-refractivity contribution in [2.75, 3.05) is 5.75 Å². The van der Waals surface area contributed by atoms with Crippen LogP contribution in [-0.2, 0) is 27.4 Å². The SMILES string of the molecule is CC(C(=O)OCc1ccc(CC(CCSc2ccc(F)cc2)C(=O)O)cc1)c1ccccc1. The summed E-state index contributed by atoms with van der Waals surface area (Å²) in [7, 11) is 0. The minimum Gasteiger partial charge on any atom is -0.481 e. The van der Waals surface area contributed by atoms with Gasteiger partial charge in [-0.15, -0.1) is 11.8 Å². The average molecular weight is 467 g/mol. The van der Waals surface area contributed by atoms with Crippen LogP contribution in [-0.4, -0.2) is 22.8 Å². The van der Waals surface area contributed by atoms with Crippen molar-refractivity contribution in [2.45, 2.75) is 37.2 Å². The molecule has 0 aliphatic heterocycles. The fourth-order valence-corrected chi connectivity index (χ4v) is 4.34. The first-order valence-electron chi connectivity index (χ1n) is 10.8. The Morgan fingerprint density at radius 2 is 1.58 bits per heavy atom. The smallest absolute Gasteiger partial charge is 0.313 e. The zero-order chi connectivity index (χ0) is 23.6. The highest BCUT2D eigenvalue weighted by Gasteiger charge is 2.19. The van der Waals surface area contributed by atoms with Gasteiger partial charge in [-0.25, -0.2) is 4.39 Å². The van der Waals surface area contributed by atoms with Crippen molar-refractivity contribution in [3.05, 3.63) is 101 Å². The molecule has 0 spiro atoms. The molecular weight excluding hydrogens is 439 g/mol. The Balaban J connectivity index is 1.47. The molecule has 0 saturated carbocycles. The van der Waals surface area contributed by atoms with Crippen molar-refractivity contribution in [2.24, 2.45) is 5.92 Å². The van der Waals surface area contributed by atoms with Gasteiger partial charge >= 0.3 is 11.9 Å². The van der Waals surface area contributed by atoms with Gasteiger partial charge in [-0.3, -0.25) is 9.59 Å². The second-order valence-corrected chi connectivity index (χ2v) is 9.06. The van der Waals surface area contributed by atoms with Crippen LogP contribution in [0.4, 0.5) is 4.39 Å². The summed E-state index contributed by atoms with van der Waals surface area (Å²) < 4.78 is 18.4. The number of esters is 1. The zero-order valence-electron chi connectivity index (χ0n) is 18.4. The van der Waals surface area contributed by atoms with Crippen LogP contribution in [0.3, 0.4) is 0 Å². The lowest BCUT2D eigenvalue weighted by Gasteiger charge is -2.14. The molecule has 4 nitrogen and oxygen atoms in total. The summed E-state index contributed by atoms with van der Waals surface area (Å²) in [6.07, 6.45) is 0.929. The number of carbonyl (C=O) groups is 2. The van der Waals surface area contributed by atoms with Crippen LogP contribution >= 0.6 is 11.8 Å².